The number of halogens is 1. The van der Waals surface area contributed by atoms with Crippen molar-refractivity contribution in [2.75, 3.05) is 12.4 Å². The van der Waals surface area contributed by atoms with E-state index in [-0.39, 0.29) is 17.1 Å². The number of hydrogen-bond donors (Lipinski definition) is 2. The Morgan fingerprint density at radius 1 is 1.26 bits per heavy atom. The fourth-order valence-corrected chi connectivity index (χ4v) is 4.11. The van der Waals surface area contributed by atoms with Gasteiger partial charge in [-0.05, 0) is 84.0 Å². The number of thiocarbonyl (C=S) groups is 1. The molecular formula is C22H22BrN3O3S2. The van der Waals surface area contributed by atoms with Crippen LogP contribution in [0.3, 0.4) is 0 Å². The van der Waals surface area contributed by atoms with Crippen molar-refractivity contribution in [2.24, 2.45) is 0 Å². The number of carbonyl (C=O) groups excluding carboxylic acids is 1. The normalized spacial score (nSPS) is 11.5. The van der Waals surface area contributed by atoms with Crippen LogP contribution in [0.2, 0.25) is 0 Å². The lowest BCUT2D eigenvalue weighted by atomic mass is 10.2. The summed E-state index contributed by atoms with van der Waals surface area (Å²) in [5.74, 6) is 1.18. The van der Waals surface area contributed by atoms with Crippen molar-refractivity contribution >= 4 is 55.6 Å². The van der Waals surface area contributed by atoms with Gasteiger partial charge in [-0.25, -0.2) is 4.98 Å². The molecule has 0 radical (unpaired) electrons. The van der Waals surface area contributed by atoms with Crippen LogP contribution in [0.1, 0.15) is 30.6 Å². The lowest BCUT2D eigenvalue weighted by molar-refractivity contribution is 0.0977. The fraction of sp³-hybridized carbons (Fsp3) is 0.227. The second-order valence-corrected chi connectivity index (χ2v) is 8.78. The van der Waals surface area contributed by atoms with E-state index in [2.05, 4.69) is 38.5 Å². The first-order valence-electron chi connectivity index (χ1n) is 9.58. The molecule has 0 saturated heterocycles. The van der Waals surface area contributed by atoms with E-state index in [0.717, 1.165) is 33.6 Å². The summed E-state index contributed by atoms with van der Waals surface area (Å²) in [6, 6.07) is 12.7. The van der Waals surface area contributed by atoms with E-state index in [1.165, 1.54) is 11.3 Å². The quantitative estimate of drug-likeness (QED) is 0.379. The molecule has 0 bridgehead atoms. The molecule has 2 N–H and O–H groups in total. The molecule has 3 rings (SSSR count). The van der Waals surface area contributed by atoms with Crippen LogP contribution >= 0.6 is 39.5 Å². The number of rotatable bonds is 7. The van der Waals surface area contributed by atoms with Gasteiger partial charge in [0.1, 0.15) is 11.5 Å². The highest BCUT2D eigenvalue weighted by atomic mass is 79.9. The molecule has 0 saturated carbocycles. The Kier molecular flexibility index (Phi) is 8.00. The molecule has 2 aromatic carbocycles. The number of thiazole rings is 1. The number of amides is 1. The van der Waals surface area contributed by atoms with E-state index in [0.29, 0.717) is 10.7 Å². The summed E-state index contributed by atoms with van der Waals surface area (Å²) < 4.78 is 11.8. The maximum Gasteiger partial charge on any atom is 0.257 e. The Labute approximate surface area is 199 Å². The minimum Gasteiger partial charge on any atom is -0.496 e. The predicted octanol–water partition coefficient (Wildman–Crippen LogP) is 5.89. The van der Waals surface area contributed by atoms with Crippen molar-refractivity contribution < 1.29 is 14.3 Å². The number of nitrogens with one attached hydrogen (secondary N) is 2. The highest BCUT2D eigenvalue weighted by Gasteiger charge is 2.12. The molecule has 0 fully saturated rings. The van der Waals surface area contributed by atoms with Gasteiger partial charge in [0.15, 0.2) is 10.2 Å². The zero-order valence-electron chi connectivity index (χ0n) is 17.3. The molecule has 0 aliphatic heterocycles. The molecule has 0 aliphatic carbocycles. The van der Waals surface area contributed by atoms with Crippen LogP contribution in [-0.4, -0.2) is 29.2 Å². The number of carbonyl (C=O) groups is 1. The highest BCUT2D eigenvalue weighted by Crippen LogP contribution is 2.32. The number of benzene rings is 2. The van der Waals surface area contributed by atoms with E-state index in [1.807, 2.05) is 30.5 Å². The van der Waals surface area contributed by atoms with Crippen LogP contribution < -0.4 is 20.1 Å². The molecule has 1 atom stereocenters. The van der Waals surface area contributed by atoms with Gasteiger partial charge in [-0.3, -0.25) is 10.1 Å². The van der Waals surface area contributed by atoms with Gasteiger partial charge in [-0.15, -0.1) is 11.3 Å². The second kappa shape index (κ2) is 10.7. The van der Waals surface area contributed by atoms with Crippen molar-refractivity contribution in [3.63, 3.8) is 0 Å². The van der Waals surface area contributed by atoms with E-state index in [4.69, 9.17) is 21.7 Å². The number of ether oxygens (including phenoxy) is 2. The van der Waals surface area contributed by atoms with Crippen LogP contribution in [0.4, 0.5) is 5.13 Å². The first-order valence-corrected chi connectivity index (χ1v) is 11.7. The Morgan fingerprint density at radius 3 is 2.65 bits per heavy atom. The third kappa shape index (κ3) is 6.25. The van der Waals surface area contributed by atoms with Gasteiger partial charge in [-0.2, -0.15) is 0 Å². The van der Waals surface area contributed by atoms with Gasteiger partial charge in [0.05, 0.1) is 23.4 Å². The summed E-state index contributed by atoms with van der Waals surface area (Å²) in [6.45, 7) is 4.06. The molecular weight excluding hydrogens is 498 g/mol. The minimum atomic E-state index is -0.302. The third-order valence-corrected chi connectivity index (χ3v) is 6.01. The van der Waals surface area contributed by atoms with E-state index in [1.54, 1.807) is 31.4 Å². The van der Waals surface area contributed by atoms with Crippen LogP contribution in [0.5, 0.6) is 11.5 Å². The Morgan fingerprint density at radius 2 is 2.00 bits per heavy atom. The molecule has 1 amide bonds. The van der Waals surface area contributed by atoms with E-state index in [9.17, 15) is 4.79 Å². The molecule has 1 aromatic heterocycles. The number of aromatic nitrogens is 1. The first-order chi connectivity index (χ1) is 14.9. The molecule has 6 nitrogen and oxygen atoms in total. The minimum absolute atomic E-state index is 0.124. The summed E-state index contributed by atoms with van der Waals surface area (Å²) in [5.41, 5.74) is 2.22. The highest BCUT2D eigenvalue weighted by molar-refractivity contribution is 9.10. The lowest BCUT2D eigenvalue weighted by Crippen LogP contribution is -2.34. The predicted molar refractivity (Wildman–Crippen MR) is 132 cm³/mol. The molecule has 0 spiro atoms. The van der Waals surface area contributed by atoms with Crippen LogP contribution in [-0.2, 0) is 0 Å². The molecule has 31 heavy (non-hydrogen) atoms. The topological polar surface area (TPSA) is 72.5 Å². The van der Waals surface area contributed by atoms with Gasteiger partial charge in [0.25, 0.3) is 5.91 Å². The summed E-state index contributed by atoms with van der Waals surface area (Å²) in [6.07, 6.45) is 1.04. The molecule has 9 heteroatoms. The number of hydrogen-bond acceptors (Lipinski definition) is 6. The zero-order chi connectivity index (χ0) is 22.4. The van der Waals surface area contributed by atoms with Crippen LogP contribution in [0.15, 0.2) is 52.3 Å². The largest absolute Gasteiger partial charge is 0.496 e. The number of anilines is 1. The molecule has 162 valence electrons. The second-order valence-electron chi connectivity index (χ2n) is 6.66. The van der Waals surface area contributed by atoms with Crippen molar-refractivity contribution in [3.05, 3.63) is 57.9 Å². The molecule has 0 aliphatic rings. The molecule has 1 unspecified atom stereocenters. The van der Waals surface area contributed by atoms with Gasteiger partial charge in [-0.1, -0.05) is 6.92 Å². The molecule has 3 aromatic rings. The van der Waals surface area contributed by atoms with E-state index < -0.39 is 0 Å². The van der Waals surface area contributed by atoms with Gasteiger partial charge in [0.2, 0.25) is 0 Å². The summed E-state index contributed by atoms with van der Waals surface area (Å²) in [7, 11) is 1.62. The maximum atomic E-state index is 12.4. The standard InChI is InChI=1S/C22H22BrN3O3S2/c1-4-13(2)29-16-8-5-14(6-9-16)20(27)25-21(30)26-22-24-18(12-31-22)15-7-10-19(28-3)17(23)11-15/h5-13H,4H2,1-3H3,(H2,24,25,26,27,30). The van der Waals surface area contributed by atoms with Gasteiger partial charge in [0, 0.05) is 16.5 Å². The van der Waals surface area contributed by atoms with Crippen molar-refractivity contribution in [3.8, 4) is 22.8 Å². The Hall–Kier alpha value is -2.49. The number of methoxy groups -OCH3 is 1. The van der Waals surface area contributed by atoms with Crippen LogP contribution in [0.25, 0.3) is 11.3 Å². The summed E-state index contributed by atoms with van der Waals surface area (Å²) >= 11 is 10.1. The Bertz CT molecular complexity index is 1070. The molecule has 1 heterocycles. The smallest absolute Gasteiger partial charge is 0.257 e. The van der Waals surface area contributed by atoms with Crippen molar-refractivity contribution in [2.45, 2.75) is 26.4 Å². The van der Waals surface area contributed by atoms with Crippen LogP contribution in [0, 0.1) is 0 Å². The SMILES string of the molecule is CCC(C)Oc1ccc(C(=O)NC(=S)Nc2nc(-c3ccc(OC)c(Br)c3)cs2)cc1. The fourth-order valence-electron chi connectivity index (χ4n) is 2.59. The maximum absolute atomic E-state index is 12.4. The van der Waals surface area contributed by atoms with Gasteiger partial charge < -0.3 is 14.8 Å². The van der Waals surface area contributed by atoms with Crippen molar-refractivity contribution in [1.29, 1.82) is 0 Å². The average molecular weight is 520 g/mol. The first kappa shape index (κ1) is 23.2. The zero-order valence-corrected chi connectivity index (χ0v) is 20.5. The average Bonchev–Trinajstić information content (AvgIpc) is 3.22. The summed E-state index contributed by atoms with van der Waals surface area (Å²) in [5, 5.41) is 8.32. The lowest BCUT2D eigenvalue weighted by Gasteiger charge is -2.13. The number of nitrogens with zero attached hydrogens (tertiary/aromatic N) is 1. The van der Waals surface area contributed by atoms with Gasteiger partial charge >= 0.3 is 0 Å². The van der Waals surface area contributed by atoms with E-state index >= 15 is 0 Å². The third-order valence-electron chi connectivity index (χ3n) is 4.43. The monoisotopic (exact) mass is 519 g/mol. The summed E-state index contributed by atoms with van der Waals surface area (Å²) in [4.78, 5) is 17.0. The van der Waals surface area contributed by atoms with Crippen molar-refractivity contribution in [1.82, 2.24) is 10.3 Å². The Balaban J connectivity index is 1.58.